The van der Waals surface area contributed by atoms with Crippen LogP contribution in [0.25, 0.3) is 0 Å². The molecule has 0 radical (unpaired) electrons. The number of nitro groups is 1. The Morgan fingerprint density at radius 3 is 2.57 bits per heavy atom. The highest BCUT2D eigenvalue weighted by Gasteiger charge is 2.27. The van der Waals surface area contributed by atoms with Gasteiger partial charge in [-0.25, -0.2) is 8.78 Å². The van der Waals surface area contributed by atoms with E-state index in [0.717, 1.165) is 44.2 Å². The third-order valence-corrected chi connectivity index (χ3v) is 4.26. The smallest absolute Gasteiger partial charge is 0.295 e. The largest absolute Gasteiger partial charge is 0.374 e. The van der Waals surface area contributed by atoms with Crippen molar-refractivity contribution in [3.63, 3.8) is 0 Å². The fourth-order valence-corrected chi connectivity index (χ4v) is 3.11. The van der Waals surface area contributed by atoms with E-state index in [9.17, 15) is 18.9 Å². The van der Waals surface area contributed by atoms with Crippen molar-refractivity contribution >= 4 is 11.4 Å². The van der Waals surface area contributed by atoms with Crippen LogP contribution in [0.1, 0.15) is 45.4 Å². The van der Waals surface area contributed by atoms with Gasteiger partial charge in [0.1, 0.15) is 0 Å². The monoisotopic (exact) mass is 298 g/mol. The summed E-state index contributed by atoms with van der Waals surface area (Å²) in [5.74, 6) is -1.88. The molecule has 0 saturated heterocycles. The summed E-state index contributed by atoms with van der Waals surface area (Å²) in [6.07, 6.45) is 6.21. The molecule has 1 N–H and O–H groups in total. The fraction of sp³-hybridized carbons (Fsp3) is 0.600. The van der Waals surface area contributed by atoms with E-state index in [1.54, 1.807) is 0 Å². The first-order valence-electron chi connectivity index (χ1n) is 7.43. The van der Waals surface area contributed by atoms with Crippen molar-refractivity contribution in [2.24, 2.45) is 5.92 Å². The van der Waals surface area contributed by atoms with Crippen LogP contribution in [-0.2, 0) is 0 Å². The van der Waals surface area contributed by atoms with Gasteiger partial charge >= 0.3 is 0 Å². The minimum atomic E-state index is -1.17. The molecule has 1 unspecified atom stereocenters. The van der Waals surface area contributed by atoms with Crippen LogP contribution in [0.3, 0.4) is 0 Å². The summed E-state index contributed by atoms with van der Waals surface area (Å²) in [7, 11) is 0. The van der Waals surface area contributed by atoms with Crippen molar-refractivity contribution in [3.8, 4) is 0 Å². The van der Waals surface area contributed by atoms with E-state index in [1.807, 2.05) is 6.92 Å². The Morgan fingerprint density at radius 2 is 2.00 bits per heavy atom. The molecular weight excluding hydrogens is 278 g/mol. The van der Waals surface area contributed by atoms with Crippen molar-refractivity contribution in [2.45, 2.75) is 51.5 Å². The molecule has 1 aliphatic carbocycles. The molecule has 6 heteroatoms. The van der Waals surface area contributed by atoms with Gasteiger partial charge in [-0.15, -0.1) is 0 Å². The summed E-state index contributed by atoms with van der Waals surface area (Å²) in [5.41, 5.74) is -0.736. The van der Waals surface area contributed by atoms with Crippen molar-refractivity contribution in [3.05, 3.63) is 33.9 Å². The first-order chi connectivity index (χ1) is 10.0. The standard InChI is InChI=1S/C15H20F2N2O2/c1-2-12(10-6-4-3-5-7-10)18-15-13(19(20)21)9-8-11(16)14(15)17/h8-10,12,18H,2-7H2,1H3. The van der Waals surface area contributed by atoms with Crippen molar-refractivity contribution in [1.82, 2.24) is 0 Å². The number of nitro benzene ring substituents is 1. The molecule has 21 heavy (non-hydrogen) atoms. The summed E-state index contributed by atoms with van der Waals surface area (Å²) in [4.78, 5) is 10.3. The Bertz CT molecular complexity index is 517. The summed E-state index contributed by atoms with van der Waals surface area (Å²) in [6.45, 7) is 1.95. The van der Waals surface area contributed by atoms with E-state index in [1.165, 1.54) is 6.42 Å². The molecule has 2 rings (SSSR count). The van der Waals surface area contributed by atoms with Gasteiger partial charge in [0, 0.05) is 12.1 Å². The van der Waals surface area contributed by atoms with Crippen molar-refractivity contribution in [2.75, 3.05) is 5.32 Å². The lowest BCUT2D eigenvalue weighted by molar-refractivity contribution is -0.384. The van der Waals surface area contributed by atoms with Gasteiger partial charge in [0.05, 0.1) is 4.92 Å². The summed E-state index contributed by atoms with van der Waals surface area (Å²) < 4.78 is 27.3. The Balaban J connectivity index is 2.27. The van der Waals surface area contributed by atoms with Crippen molar-refractivity contribution < 1.29 is 13.7 Å². The van der Waals surface area contributed by atoms with Crippen LogP contribution in [0.5, 0.6) is 0 Å². The lowest BCUT2D eigenvalue weighted by atomic mass is 9.83. The molecule has 1 aliphatic rings. The highest BCUT2D eigenvalue weighted by atomic mass is 19.2. The van der Waals surface area contributed by atoms with Gasteiger partial charge in [0.2, 0.25) is 0 Å². The molecular formula is C15H20F2N2O2. The second-order valence-corrected chi connectivity index (χ2v) is 5.57. The maximum atomic E-state index is 13.9. The molecule has 0 heterocycles. The predicted molar refractivity (Wildman–Crippen MR) is 77.3 cm³/mol. The first-order valence-corrected chi connectivity index (χ1v) is 7.43. The highest BCUT2D eigenvalue weighted by molar-refractivity contribution is 5.63. The zero-order valence-corrected chi connectivity index (χ0v) is 12.1. The highest BCUT2D eigenvalue weighted by Crippen LogP contribution is 2.34. The number of nitrogens with zero attached hydrogens (tertiary/aromatic N) is 1. The number of rotatable bonds is 5. The van der Waals surface area contributed by atoms with E-state index in [2.05, 4.69) is 5.32 Å². The van der Waals surface area contributed by atoms with E-state index in [4.69, 9.17) is 0 Å². The van der Waals surface area contributed by atoms with E-state index in [-0.39, 0.29) is 11.7 Å². The molecule has 1 aromatic carbocycles. The van der Waals surface area contributed by atoms with Crippen LogP contribution in [-0.4, -0.2) is 11.0 Å². The van der Waals surface area contributed by atoms with Crippen LogP contribution < -0.4 is 5.32 Å². The Kier molecular flexibility index (Phi) is 5.09. The second-order valence-electron chi connectivity index (χ2n) is 5.57. The predicted octanol–water partition coefficient (Wildman–Crippen LogP) is 4.64. The number of halogens is 2. The van der Waals surface area contributed by atoms with Gasteiger partial charge in [0.25, 0.3) is 5.69 Å². The fourth-order valence-electron chi connectivity index (χ4n) is 3.11. The van der Waals surface area contributed by atoms with Gasteiger partial charge in [-0.2, -0.15) is 0 Å². The van der Waals surface area contributed by atoms with E-state index >= 15 is 0 Å². The Labute approximate surface area is 122 Å². The zero-order valence-electron chi connectivity index (χ0n) is 12.1. The topological polar surface area (TPSA) is 55.2 Å². The van der Waals surface area contributed by atoms with Crippen LogP contribution >= 0.6 is 0 Å². The third kappa shape index (κ3) is 3.49. The molecule has 1 aromatic rings. The van der Waals surface area contributed by atoms with E-state index in [0.29, 0.717) is 5.92 Å². The summed E-state index contributed by atoms with van der Waals surface area (Å²) in [6, 6.07) is 1.73. The molecule has 0 amide bonds. The van der Waals surface area contributed by atoms with Gasteiger partial charge in [-0.1, -0.05) is 26.2 Å². The summed E-state index contributed by atoms with van der Waals surface area (Å²) in [5, 5.41) is 13.9. The molecule has 0 aliphatic heterocycles. The molecule has 1 fully saturated rings. The first kappa shape index (κ1) is 15.7. The van der Waals surface area contributed by atoms with E-state index < -0.39 is 22.2 Å². The average Bonchev–Trinajstić information content (AvgIpc) is 2.49. The Hall–Kier alpha value is -1.72. The van der Waals surface area contributed by atoms with Gasteiger partial charge in [-0.3, -0.25) is 10.1 Å². The maximum absolute atomic E-state index is 13.9. The third-order valence-electron chi connectivity index (χ3n) is 4.26. The maximum Gasteiger partial charge on any atom is 0.295 e. The number of anilines is 1. The van der Waals surface area contributed by atoms with Gasteiger partial charge in [0.15, 0.2) is 17.3 Å². The molecule has 0 spiro atoms. The van der Waals surface area contributed by atoms with Crippen LogP contribution in [0.2, 0.25) is 0 Å². The number of nitrogens with one attached hydrogen (secondary N) is 1. The SMILES string of the molecule is CCC(Nc1c([N+](=O)[O-])ccc(F)c1F)C1CCCCC1. The molecule has 1 saturated carbocycles. The second kappa shape index (κ2) is 6.83. The molecule has 1 atom stereocenters. The minimum absolute atomic E-state index is 0.0692. The van der Waals surface area contributed by atoms with Crippen LogP contribution in [0, 0.1) is 27.7 Å². The molecule has 0 aromatic heterocycles. The van der Waals surface area contributed by atoms with Crippen LogP contribution in [0.4, 0.5) is 20.2 Å². The summed E-state index contributed by atoms with van der Waals surface area (Å²) >= 11 is 0. The molecule has 0 bridgehead atoms. The lowest BCUT2D eigenvalue weighted by Gasteiger charge is -2.31. The van der Waals surface area contributed by atoms with Crippen molar-refractivity contribution in [1.29, 1.82) is 0 Å². The van der Waals surface area contributed by atoms with Gasteiger partial charge in [-0.05, 0) is 31.2 Å². The molecule has 4 nitrogen and oxygen atoms in total. The molecule has 116 valence electrons. The van der Waals surface area contributed by atoms with Crippen LogP contribution in [0.15, 0.2) is 12.1 Å². The number of hydrogen-bond donors (Lipinski definition) is 1. The number of hydrogen-bond acceptors (Lipinski definition) is 3. The average molecular weight is 298 g/mol. The lowest BCUT2D eigenvalue weighted by Crippen LogP contribution is -2.30. The zero-order chi connectivity index (χ0) is 15.4. The van der Waals surface area contributed by atoms with Gasteiger partial charge < -0.3 is 5.32 Å². The Morgan fingerprint density at radius 1 is 1.33 bits per heavy atom. The minimum Gasteiger partial charge on any atom is -0.374 e. The quantitative estimate of drug-likeness (QED) is 0.636. The number of benzene rings is 1. The normalized spacial score (nSPS) is 17.5.